The fraction of sp³-hybridized carbons (Fsp3) is 0.419. The number of aryl methyl sites for hydroxylation is 1. The SMILES string of the molecule is C/C(=C\CC1CO1)C(=O)O.C/C=C(\C)C(=O)O.CC/C(=C(/C)C(=O)O)S(=O)(=O)c1ccc(C)cc1.CCC/C=C(\O)C(=O)O. The summed E-state index contributed by atoms with van der Waals surface area (Å²) in [7, 11) is -3.71. The second kappa shape index (κ2) is 21.5. The van der Waals surface area contributed by atoms with Gasteiger partial charge in [-0.1, -0.05) is 50.1 Å². The number of sulfone groups is 1. The molecule has 5 N–H and O–H groups in total. The quantitative estimate of drug-likeness (QED) is 0.112. The van der Waals surface area contributed by atoms with Crippen LogP contribution in [-0.4, -0.2) is 70.5 Å². The molecule has 44 heavy (non-hydrogen) atoms. The number of unbranched alkanes of at least 4 members (excludes halogenated alkanes) is 1. The number of aliphatic hydroxyl groups is 1. The van der Waals surface area contributed by atoms with Crippen molar-refractivity contribution in [3.8, 4) is 0 Å². The highest BCUT2D eigenvalue weighted by Gasteiger charge is 2.24. The van der Waals surface area contributed by atoms with E-state index in [1.54, 1.807) is 52.0 Å². The number of carboxylic acids is 4. The predicted molar refractivity (Wildman–Crippen MR) is 165 cm³/mol. The van der Waals surface area contributed by atoms with Crippen molar-refractivity contribution in [3.05, 3.63) is 75.4 Å². The van der Waals surface area contributed by atoms with Crippen LogP contribution in [0.3, 0.4) is 0 Å². The lowest BCUT2D eigenvalue weighted by Gasteiger charge is -2.09. The lowest BCUT2D eigenvalue weighted by Crippen LogP contribution is -2.10. The molecule has 1 aromatic carbocycles. The number of ether oxygens (including phenoxy) is 1. The summed E-state index contributed by atoms with van der Waals surface area (Å²) < 4.78 is 29.5. The van der Waals surface area contributed by atoms with Crippen molar-refractivity contribution in [1.29, 1.82) is 0 Å². The van der Waals surface area contributed by atoms with E-state index in [2.05, 4.69) is 0 Å². The zero-order chi connectivity index (χ0) is 34.6. The molecule has 1 saturated heterocycles. The summed E-state index contributed by atoms with van der Waals surface area (Å²) in [6.45, 7) is 12.3. The summed E-state index contributed by atoms with van der Waals surface area (Å²) in [4.78, 5) is 41.0. The molecule has 1 aliphatic heterocycles. The topological polar surface area (TPSA) is 216 Å². The Morgan fingerprint density at radius 2 is 1.34 bits per heavy atom. The maximum Gasteiger partial charge on any atom is 0.370 e. The van der Waals surface area contributed by atoms with Gasteiger partial charge in [-0.15, -0.1) is 0 Å². The Morgan fingerprint density at radius 3 is 1.66 bits per heavy atom. The van der Waals surface area contributed by atoms with Gasteiger partial charge in [0.05, 0.1) is 22.5 Å². The van der Waals surface area contributed by atoms with Crippen molar-refractivity contribution in [1.82, 2.24) is 0 Å². The molecule has 1 fully saturated rings. The largest absolute Gasteiger partial charge is 0.502 e. The summed E-state index contributed by atoms with van der Waals surface area (Å²) >= 11 is 0. The highest BCUT2D eigenvalue weighted by molar-refractivity contribution is 7.95. The van der Waals surface area contributed by atoms with Gasteiger partial charge in [-0.25, -0.2) is 27.6 Å². The number of benzene rings is 1. The van der Waals surface area contributed by atoms with E-state index in [0.717, 1.165) is 25.0 Å². The second-order valence-electron chi connectivity index (χ2n) is 9.37. The van der Waals surface area contributed by atoms with E-state index in [9.17, 15) is 27.6 Å². The van der Waals surface area contributed by atoms with Gasteiger partial charge in [-0.3, -0.25) is 0 Å². The standard InChI is InChI=1S/C13H16O4S.C7H10O3.C6H10O3.C5H8O2/c1-4-12(10(3)13(14)15)18(16,17)11-7-5-9(2)6-8-11;1-5(7(8)9)2-3-6-4-10-6;1-2-3-4-5(7)6(8)9;1-3-4(2)5(6)7/h5-8H,4H2,1-3H3,(H,14,15);2,6H,3-4H2,1H3,(H,8,9);4,7H,2-3H2,1H3,(H,8,9);3H,1-2H3,(H,6,7)/b12-10+;5-2+;5-4-;4-3+. The van der Waals surface area contributed by atoms with Gasteiger partial charge in [0.25, 0.3) is 0 Å². The second-order valence-corrected chi connectivity index (χ2v) is 11.3. The van der Waals surface area contributed by atoms with Gasteiger partial charge in [-0.2, -0.15) is 0 Å². The fourth-order valence-corrected chi connectivity index (χ4v) is 4.38. The fourth-order valence-electron chi connectivity index (χ4n) is 2.73. The normalized spacial score (nSPS) is 15.1. The van der Waals surface area contributed by atoms with E-state index in [4.69, 9.17) is 30.3 Å². The number of rotatable bonds is 11. The monoisotopic (exact) mass is 640 g/mol. The molecule has 1 unspecified atom stereocenters. The lowest BCUT2D eigenvalue weighted by molar-refractivity contribution is -0.136. The molecule has 12 nitrogen and oxygen atoms in total. The van der Waals surface area contributed by atoms with Gasteiger partial charge in [0, 0.05) is 16.7 Å². The van der Waals surface area contributed by atoms with Crippen molar-refractivity contribution in [2.75, 3.05) is 6.61 Å². The van der Waals surface area contributed by atoms with Gasteiger partial charge < -0.3 is 30.3 Å². The predicted octanol–water partition coefficient (Wildman–Crippen LogP) is 5.69. The molecule has 2 rings (SSSR count). The Kier molecular flexibility index (Phi) is 20.4. The summed E-state index contributed by atoms with van der Waals surface area (Å²) in [5.41, 5.74) is 1.61. The van der Waals surface area contributed by atoms with Gasteiger partial charge >= 0.3 is 23.9 Å². The van der Waals surface area contributed by atoms with E-state index in [-0.39, 0.29) is 27.9 Å². The zero-order valence-electron chi connectivity index (χ0n) is 26.2. The van der Waals surface area contributed by atoms with Crippen LogP contribution in [0.4, 0.5) is 0 Å². The molecular formula is C31H44O12S. The van der Waals surface area contributed by atoms with Crippen molar-refractivity contribution in [2.24, 2.45) is 0 Å². The maximum atomic E-state index is 12.3. The number of carboxylic acid groups (broad SMARTS) is 4. The molecule has 1 heterocycles. The van der Waals surface area contributed by atoms with Crippen LogP contribution in [0.25, 0.3) is 0 Å². The first-order valence-electron chi connectivity index (χ1n) is 13.6. The number of aliphatic hydroxyl groups excluding tert-OH is 1. The minimum atomic E-state index is -3.71. The highest BCUT2D eigenvalue weighted by Crippen LogP contribution is 2.25. The van der Waals surface area contributed by atoms with Crippen LogP contribution < -0.4 is 0 Å². The van der Waals surface area contributed by atoms with E-state index in [1.807, 2.05) is 13.8 Å². The van der Waals surface area contributed by atoms with Crippen molar-refractivity contribution >= 4 is 33.7 Å². The molecule has 0 bridgehead atoms. The average molecular weight is 641 g/mol. The molecule has 246 valence electrons. The van der Waals surface area contributed by atoms with Gasteiger partial charge in [-0.05, 0) is 72.1 Å². The van der Waals surface area contributed by atoms with Crippen LogP contribution in [0.5, 0.6) is 0 Å². The van der Waals surface area contributed by atoms with E-state index in [1.165, 1.54) is 25.1 Å². The third-order valence-electron chi connectivity index (χ3n) is 5.76. The first-order chi connectivity index (χ1) is 20.4. The van der Waals surface area contributed by atoms with Crippen molar-refractivity contribution < 1.29 is 57.9 Å². The van der Waals surface area contributed by atoms with Gasteiger partial charge in [0.1, 0.15) is 0 Å². The molecule has 0 aliphatic carbocycles. The molecule has 13 heteroatoms. The smallest absolute Gasteiger partial charge is 0.370 e. The third-order valence-corrected chi connectivity index (χ3v) is 7.89. The Labute approximate surface area is 258 Å². The summed E-state index contributed by atoms with van der Waals surface area (Å²) in [6, 6.07) is 6.37. The Bertz CT molecular complexity index is 1340. The maximum absolute atomic E-state index is 12.3. The average Bonchev–Trinajstić information content (AvgIpc) is 3.80. The minimum Gasteiger partial charge on any atom is -0.502 e. The summed E-state index contributed by atoms with van der Waals surface area (Å²) in [5, 5.41) is 42.0. The summed E-state index contributed by atoms with van der Waals surface area (Å²) in [6.07, 6.45) is 7.18. The van der Waals surface area contributed by atoms with Crippen molar-refractivity contribution in [3.63, 3.8) is 0 Å². The van der Waals surface area contributed by atoms with Crippen LogP contribution in [0.15, 0.2) is 74.8 Å². The van der Waals surface area contributed by atoms with Gasteiger partial charge in [0.2, 0.25) is 9.84 Å². The molecule has 1 aliphatic rings. The third kappa shape index (κ3) is 17.7. The number of hydrogen-bond acceptors (Lipinski definition) is 8. The number of aliphatic carboxylic acids is 4. The molecule has 0 saturated carbocycles. The molecular weight excluding hydrogens is 596 g/mol. The summed E-state index contributed by atoms with van der Waals surface area (Å²) in [5.74, 6) is -4.72. The van der Waals surface area contributed by atoms with Crippen LogP contribution in [0.2, 0.25) is 0 Å². The molecule has 1 atom stereocenters. The van der Waals surface area contributed by atoms with Crippen molar-refractivity contribution in [2.45, 2.75) is 85.1 Å². The first kappa shape index (κ1) is 41.9. The van der Waals surface area contributed by atoms with E-state index >= 15 is 0 Å². The molecule has 0 radical (unpaired) electrons. The Balaban J connectivity index is 0. The van der Waals surface area contributed by atoms with E-state index in [0.29, 0.717) is 17.6 Å². The molecule has 1 aromatic rings. The van der Waals surface area contributed by atoms with Crippen LogP contribution >= 0.6 is 0 Å². The van der Waals surface area contributed by atoms with Crippen LogP contribution in [0, 0.1) is 6.92 Å². The van der Waals surface area contributed by atoms with Gasteiger partial charge in [0.15, 0.2) is 5.76 Å². The first-order valence-corrected chi connectivity index (χ1v) is 15.1. The highest BCUT2D eigenvalue weighted by atomic mass is 32.2. The van der Waals surface area contributed by atoms with E-state index < -0.39 is 39.5 Å². The Hall–Kier alpha value is -4.23. The van der Waals surface area contributed by atoms with Crippen LogP contribution in [0.1, 0.15) is 72.8 Å². The lowest BCUT2D eigenvalue weighted by atomic mass is 10.2. The van der Waals surface area contributed by atoms with Crippen LogP contribution in [-0.2, 0) is 33.8 Å². The molecule has 0 spiro atoms. The number of carbonyl (C=O) groups is 4. The number of epoxide rings is 1. The molecule has 0 amide bonds. The number of allylic oxidation sites excluding steroid dienone is 3. The zero-order valence-corrected chi connectivity index (χ0v) is 27.0. The Morgan fingerprint density at radius 1 is 0.841 bits per heavy atom. The molecule has 0 aromatic heterocycles. The minimum absolute atomic E-state index is 0.0427. The number of hydrogen-bond donors (Lipinski definition) is 5.